The predicted octanol–water partition coefficient (Wildman–Crippen LogP) is 1.04. The topological polar surface area (TPSA) is 92.4 Å². The summed E-state index contributed by atoms with van der Waals surface area (Å²) < 4.78 is 0. The number of hydrogen-bond acceptors (Lipinski definition) is 3. The highest BCUT2D eigenvalue weighted by atomic mass is 16.4. The lowest BCUT2D eigenvalue weighted by molar-refractivity contribution is -0.138. The van der Waals surface area contributed by atoms with Gasteiger partial charge in [0.15, 0.2) is 0 Å². The highest BCUT2D eigenvalue weighted by Gasteiger charge is 2.16. The van der Waals surface area contributed by atoms with Crippen LogP contribution >= 0.6 is 0 Å². The molecule has 0 saturated carbocycles. The van der Waals surface area contributed by atoms with Gasteiger partial charge < -0.3 is 16.2 Å². The molecule has 0 aliphatic rings. The van der Waals surface area contributed by atoms with Gasteiger partial charge >= 0.3 is 5.97 Å². The largest absolute Gasteiger partial charge is 0.481 e. The third-order valence-corrected chi connectivity index (χ3v) is 2.51. The minimum Gasteiger partial charge on any atom is -0.481 e. The van der Waals surface area contributed by atoms with Crippen molar-refractivity contribution in [3.8, 4) is 0 Å². The number of carboxylic acids is 1. The van der Waals surface area contributed by atoms with Gasteiger partial charge in [-0.05, 0) is 37.1 Å². The quantitative estimate of drug-likeness (QED) is 0.728. The molecule has 0 aliphatic heterocycles. The number of nitrogens with two attached hydrogens (primary N) is 1. The number of anilines is 1. The normalized spacial score (nSPS) is 11.9. The summed E-state index contributed by atoms with van der Waals surface area (Å²) in [5.41, 5.74) is 8.24. The highest BCUT2D eigenvalue weighted by Crippen LogP contribution is 2.14. The first-order valence-corrected chi connectivity index (χ1v) is 5.25. The Morgan fingerprint density at radius 1 is 1.35 bits per heavy atom. The van der Waals surface area contributed by atoms with E-state index in [0.717, 1.165) is 11.1 Å². The molecule has 1 unspecified atom stereocenters. The Kier molecular flexibility index (Phi) is 4.23. The van der Waals surface area contributed by atoms with Gasteiger partial charge in [-0.25, -0.2) is 0 Å². The van der Waals surface area contributed by atoms with Crippen molar-refractivity contribution in [3.63, 3.8) is 0 Å². The Balaban J connectivity index is 2.67. The molecule has 1 aromatic rings. The van der Waals surface area contributed by atoms with Gasteiger partial charge in [-0.3, -0.25) is 9.59 Å². The summed E-state index contributed by atoms with van der Waals surface area (Å²) in [6, 6.07) is 4.43. The van der Waals surface area contributed by atoms with Crippen LogP contribution in [0.1, 0.15) is 17.5 Å². The van der Waals surface area contributed by atoms with Crippen LogP contribution in [-0.4, -0.2) is 23.0 Å². The maximum Gasteiger partial charge on any atom is 0.305 e. The Morgan fingerprint density at radius 2 is 2.00 bits per heavy atom. The Morgan fingerprint density at radius 3 is 2.53 bits per heavy atom. The lowest BCUT2D eigenvalue weighted by Crippen LogP contribution is -2.37. The van der Waals surface area contributed by atoms with Gasteiger partial charge in [0.05, 0.1) is 12.5 Å². The van der Waals surface area contributed by atoms with Crippen molar-refractivity contribution in [1.82, 2.24) is 0 Å². The minimum absolute atomic E-state index is 0.378. The zero-order valence-corrected chi connectivity index (χ0v) is 9.86. The summed E-state index contributed by atoms with van der Waals surface area (Å²) in [5, 5.41) is 11.1. The average molecular weight is 236 g/mol. The van der Waals surface area contributed by atoms with E-state index in [1.807, 2.05) is 26.0 Å². The maximum absolute atomic E-state index is 11.5. The zero-order chi connectivity index (χ0) is 13.0. The molecule has 0 heterocycles. The van der Waals surface area contributed by atoms with E-state index in [4.69, 9.17) is 10.8 Å². The molecule has 0 radical (unpaired) electrons. The molecule has 0 fully saturated rings. The van der Waals surface area contributed by atoms with Gasteiger partial charge in [0, 0.05) is 5.69 Å². The minimum atomic E-state index is -1.09. The van der Waals surface area contributed by atoms with Gasteiger partial charge in [0.25, 0.3) is 0 Å². The van der Waals surface area contributed by atoms with Gasteiger partial charge in [-0.2, -0.15) is 0 Å². The Bertz CT molecular complexity index is 443. The van der Waals surface area contributed by atoms with Gasteiger partial charge in [-0.1, -0.05) is 6.07 Å². The fourth-order valence-corrected chi connectivity index (χ4v) is 1.33. The van der Waals surface area contributed by atoms with Crippen LogP contribution in [0.25, 0.3) is 0 Å². The summed E-state index contributed by atoms with van der Waals surface area (Å²) in [6.07, 6.45) is -0.378. The van der Waals surface area contributed by atoms with Crippen molar-refractivity contribution in [2.45, 2.75) is 26.3 Å². The van der Waals surface area contributed by atoms with Crippen molar-refractivity contribution in [2.75, 3.05) is 5.32 Å². The molecule has 1 atom stereocenters. The number of aliphatic carboxylic acids is 1. The fraction of sp³-hybridized carbons (Fsp3) is 0.333. The second-order valence-electron chi connectivity index (χ2n) is 3.99. The van der Waals surface area contributed by atoms with E-state index in [9.17, 15) is 9.59 Å². The molecule has 1 amide bonds. The standard InChI is InChI=1S/C12H16N2O3/c1-7-3-4-9(5-8(7)2)14-12(17)10(13)6-11(15)16/h3-5,10H,6,13H2,1-2H3,(H,14,17)(H,15,16). The van der Waals surface area contributed by atoms with E-state index >= 15 is 0 Å². The molecule has 17 heavy (non-hydrogen) atoms. The number of carboxylic acid groups (broad SMARTS) is 1. The predicted molar refractivity (Wildman–Crippen MR) is 64.8 cm³/mol. The molecular formula is C12H16N2O3. The molecule has 5 nitrogen and oxygen atoms in total. The third-order valence-electron chi connectivity index (χ3n) is 2.51. The Hall–Kier alpha value is -1.88. The van der Waals surface area contributed by atoms with E-state index in [-0.39, 0.29) is 6.42 Å². The molecular weight excluding hydrogens is 220 g/mol. The molecule has 0 spiro atoms. The van der Waals surface area contributed by atoms with E-state index in [1.165, 1.54) is 0 Å². The first-order valence-electron chi connectivity index (χ1n) is 5.25. The van der Waals surface area contributed by atoms with Crippen LogP contribution in [0.3, 0.4) is 0 Å². The van der Waals surface area contributed by atoms with Crippen molar-refractivity contribution >= 4 is 17.6 Å². The van der Waals surface area contributed by atoms with Crippen LogP contribution < -0.4 is 11.1 Å². The molecule has 92 valence electrons. The third kappa shape index (κ3) is 3.88. The van der Waals surface area contributed by atoms with Crippen molar-refractivity contribution in [2.24, 2.45) is 5.73 Å². The highest BCUT2D eigenvalue weighted by molar-refractivity contribution is 5.96. The number of benzene rings is 1. The average Bonchev–Trinajstić information content (AvgIpc) is 2.22. The molecule has 1 rings (SSSR count). The van der Waals surface area contributed by atoms with Crippen LogP contribution in [0, 0.1) is 13.8 Å². The molecule has 4 N–H and O–H groups in total. The van der Waals surface area contributed by atoms with Crippen molar-refractivity contribution in [1.29, 1.82) is 0 Å². The number of rotatable bonds is 4. The first-order chi connectivity index (χ1) is 7.90. The van der Waals surface area contributed by atoms with E-state index in [1.54, 1.807) is 6.07 Å². The summed E-state index contributed by atoms with van der Waals surface area (Å²) in [4.78, 5) is 22.0. The lowest BCUT2D eigenvalue weighted by atomic mass is 10.1. The maximum atomic E-state index is 11.5. The number of nitrogens with one attached hydrogen (secondary N) is 1. The van der Waals surface area contributed by atoms with E-state index < -0.39 is 17.9 Å². The molecule has 0 aromatic heterocycles. The van der Waals surface area contributed by atoms with Crippen molar-refractivity contribution in [3.05, 3.63) is 29.3 Å². The fourth-order valence-electron chi connectivity index (χ4n) is 1.33. The number of amides is 1. The zero-order valence-electron chi connectivity index (χ0n) is 9.86. The molecule has 0 bridgehead atoms. The summed E-state index contributed by atoms with van der Waals surface area (Å²) in [6.45, 7) is 3.90. The van der Waals surface area contributed by atoms with Crippen LogP contribution in [0.5, 0.6) is 0 Å². The van der Waals surface area contributed by atoms with E-state index in [2.05, 4.69) is 5.32 Å². The Labute approximate surface area is 99.6 Å². The van der Waals surface area contributed by atoms with Gasteiger partial charge in [-0.15, -0.1) is 0 Å². The molecule has 0 saturated heterocycles. The number of carbonyl (C=O) groups excluding carboxylic acids is 1. The number of carbonyl (C=O) groups is 2. The summed E-state index contributed by atoms with van der Waals surface area (Å²) in [5.74, 6) is -1.58. The van der Waals surface area contributed by atoms with Gasteiger partial charge in [0.1, 0.15) is 0 Å². The number of hydrogen-bond donors (Lipinski definition) is 3. The van der Waals surface area contributed by atoms with Crippen LogP contribution in [0.15, 0.2) is 18.2 Å². The second kappa shape index (κ2) is 5.45. The van der Waals surface area contributed by atoms with Crippen molar-refractivity contribution < 1.29 is 14.7 Å². The van der Waals surface area contributed by atoms with E-state index in [0.29, 0.717) is 5.69 Å². The van der Waals surface area contributed by atoms with Gasteiger partial charge in [0.2, 0.25) is 5.91 Å². The molecule has 5 heteroatoms. The lowest BCUT2D eigenvalue weighted by Gasteiger charge is -2.11. The molecule has 1 aromatic carbocycles. The molecule has 0 aliphatic carbocycles. The summed E-state index contributed by atoms with van der Waals surface area (Å²) in [7, 11) is 0. The van der Waals surface area contributed by atoms with Crippen LogP contribution in [0.2, 0.25) is 0 Å². The second-order valence-corrected chi connectivity index (χ2v) is 3.99. The monoisotopic (exact) mass is 236 g/mol. The van der Waals surface area contributed by atoms with Crippen LogP contribution in [0.4, 0.5) is 5.69 Å². The van der Waals surface area contributed by atoms with Crippen LogP contribution in [-0.2, 0) is 9.59 Å². The summed E-state index contributed by atoms with van der Waals surface area (Å²) >= 11 is 0. The first kappa shape index (κ1) is 13.2. The smallest absolute Gasteiger partial charge is 0.305 e. The number of aryl methyl sites for hydroxylation is 2. The SMILES string of the molecule is Cc1ccc(NC(=O)C(N)CC(=O)O)cc1C.